The summed E-state index contributed by atoms with van der Waals surface area (Å²) < 4.78 is 10.6. The van der Waals surface area contributed by atoms with Gasteiger partial charge in [0, 0.05) is 12.1 Å². The maximum Gasteiger partial charge on any atom is 0.315 e. The Morgan fingerprint density at radius 2 is 1.58 bits per heavy atom. The smallest absolute Gasteiger partial charge is 0.315 e. The minimum Gasteiger partial charge on any atom is -0.496 e. The van der Waals surface area contributed by atoms with Crippen LogP contribution in [0.1, 0.15) is 18.1 Å². The molecule has 0 saturated carbocycles. The van der Waals surface area contributed by atoms with E-state index in [0.29, 0.717) is 22.6 Å². The summed E-state index contributed by atoms with van der Waals surface area (Å²) in [4.78, 5) is 24.2. The second kappa shape index (κ2) is 8.38. The van der Waals surface area contributed by atoms with Gasteiger partial charge in [-0.1, -0.05) is 36.4 Å². The van der Waals surface area contributed by atoms with Crippen LogP contribution in [0.25, 0.3) is 0 Å². The van der Waals surface area contributed by atoms with Crippen molar-refractivity contribution in [2.24, 2.45) is 0 Å². The van der Waals surface area contributed by atoms with Crippen molar-refractivity contribution in [2.45, 2.75) is 18.8 Å². The molecule has 0 aliphatic heterocycles. The number of carboxylic acids is 1. The van der Waals surface area contributed by atoms with Crippen LogP contribution in [0.4, 0.5) is 0 Å². The van der Waals surface area contributed by atoms with Gasteiger partial charge in [0.2, 0.25) is 5.91 Å². The van der Waals surface area contributed by atoms with Gasteiger partial charge >= 0.3 is 5.97 Å². The molecule has 0 fully saturated rings. The van der Waals surface area contributed by atoms with Crippen LogP contribution in [0.5, 0.6) is 11.5 Å². The van der Waals surface area contributed by atoms with Gasteiger partial charge in [0.05, 0.1) is 20.6 Å². The van der Waals surface area contributed by atoms with Gasteiger partial charge in [0.25, 0.3) is 0 Å². The molecule has 0 aliphatic rings. The molecule has 0 saturated heterocycles. The Hall–Kier alpha value is -3.02. The highest BCUT2D eigenvalue weighted by molar-refractivity contribution is 5.84. The summed E-state index contributed by atoms with van der Waals surface area (Å²) in [6, 6.07) is 14.1. The average Bonchev–Trinajstić information content (AvgIpc) is 2.66. The number of benzene rings is 2. The lowest BCUT2D eigenvalue weighted by Gasteiger charge is -2.26. The van der Waals surface area contributed by atoms with Crippen molar-refractivity contribution in [3.8, 4) is 11.5 Å². The fourth-order valence-corrected chi connectivity index (χ4v) is 2.71. The van der Waals surface area contributed by atoms with Crippen LogP contribution in [-0.4, -0.2) is 37.7 Å². The standard InChI is InChI=1S/C20H23NO5/c1-20(19(23)24,14-8-5-4-6-9-14)13-21-18(22)12-15-16(25-2)10-7-11-17(15)26-3/h4-11H,12-13H2,1-3H3,(H,21,22)(H,23,24). The van der Waals surface area contributed by atoms with Gasteiger partial charge in [-0.3, -0.25) is 9.59 Å². The minimum absolute atomic E-state index is 0.0252. The second-order valence-corrected chi connectivity index (χ2v) is 6.10. The number of aliphatic carboxylic acids is 1. The molecular weight excluding hydrogens is 334 g/mol. The molecule has 2 aromatic rings. The maximum atomic E-state index is 12.4. The summed E-state index contributed by atoms with van der Waals surface area (Å²) in [5, 5.41) is 12.4. The van der Waals surface area contributed by atoms with Crippen LogP contribution in [0.15, 0.2) is 48.5 Å². The highest BCUT2D eigenvalue weighted by Crippen LogP contribution is 2.29. The van der Waals surface area contributed by atoms with Gasteiger partial charge in [0.15, 0.2) is 0 Å². The SMILES string of the molecule is COc1cccc(OC)c1CC(=O)NCC(C)(C(=O)O)c1ccccc1. The molecule has 2 aromatic carbocycles. The van der Waals surface area contributed by atoms with Gasteiger partial charge in [-0.15, -0.1) is 0 Å². The van der Waals surface area contributed by atoms with Crippen molar-refractivity contribution in [1.29, 1.82) is 0 Å². The van der Waals surface area contributed by atoms with Crippen LogP contribution in [0, 0.1) is 0 Å². The van der Waals surface area contributed by atoms with E-state index in [9.17, 15) is 14.7 Å². The quantitative estimate of drug-likeness (QED) is 0.758. The van der Waals surface area contributed by atoms with Crippen molar-refractivity contribution in [3.05, 3.63) is 59.7 Å². The third-order valence-electron chi connectivity index (χ3n) is 4.39. The molecule has 6 heteroatoms. The maximum absolute atomic E-state index is 12.4. The summed E-state index contributed by atoms with van der Waals surface area (Å²) in [5.41, 5.74) is 0.0244. The molecule has 0 bridgehead atoms. The highest BCUT2D eigenvalue weighted by Gasteiger charge is 2.35. The number of hydrogen-bond acceptors (Lipinski definition) is 4. The van der Waals surface area contributed by atoms with Crippen molar-refractivity contribution in [1.82, 2.24) is 5.32 Å². The second-order valence-electron chi connectivity index (χ2n) is 6.10. The molecule has 2 N–H and O–H groups in total. The third-order valence-corrected chi connectivity index (χ3v) is 4.39. The van der Waals surface area contributed by atoms with Crippen LogP contribution in [-0.2, 0) is 21.4 Å². The Kier molecular flexibility index (Phi) is 6.22. The van der Waals surface area contributed by atoms with Gasteiger partial charge in [-0.25, -0.2) is 0 Å². The predicted molar refractivity (Wildman–Crippen MR) is 97.7 cm³/mol. The van der Waals surface area contributed by atoms with E-state index >= 15 is 0 Å². The molecular formula is C20H23NO5. The Morgan fingerprint density at radius 1 is 1.00 bits per heavy atom. The summed E-state index contributed by atoms with van der Waals surface area (Å²) in [6.45, 7) is 1.57. The number of ether oxygens (including phenoxy) is 2. The van der Waals surface area contributed by atoms with Crippen molar-refractivity contribution in [2.75, 3.05) is 20.8 Å². The lowest BCUT2D eigenvalue weighted by molar-refractivity contribution is -0.143. The van der Waals surface area contributed by atoms with E-state index in [0.717, 1.165) is 0 Å². The summed E-state index contributed by atoms with van der Waals surface area (Å²) in [7, 11) is 3.04. The predicted octanol–water partition coefficient (Wildman–Crippen LogP) is 2.41. The summed E-state index contributed by atoms with van der Waals surface area (Å²) in [6.07, 6.45) is 0.0255. The number of methoxy groups -OCH3 is 2. The normalized spacial score (nSPS) is 12.7. The first kappa shape index (κ1) is 19.3. The van der Waals surface area contributed by atoms with Crippen LogP contribution >= 0.6 is 0 Å². The number of carboxylic acid groups (broad SMARTS) is 1. The first-order valence-corrected chi connectivity index (χ1v) is 8.18. The van der Waals surface area contributed by atoms with E-state index in [1.54, 1.807) is 49.4 Å². The van der Waals surface area contributed by atoms with E-state index in [-0.39, 0.29) is 18.9 Å². The average molecular weight is 357 g/mol. The number of nitrogens with one attached hydrogen (secondary N) is 1. The highest BCUT2D eigenvalue weighted by atomic mass is 16.5. The lowest BCUT2D eigenvalue weighted by Crippen LogP contribution is -2.44. The summed E-state index contributed by atoms with van der Waals surface area (Å²) in [5.74, 6) is -0.220. The minimum atomic E-state index is -1.22. The molecule has 0 radical (unpaired) electrons. The van der Waals surface area contributed by atoms with E-state index in [1.165, 1.54) is 14.2 Å². The van der Waals surface area contributed by atoms with E-state index in [2.05, 4.69) is 5.32 Å². The Morgan fingerprint density at radius 3 is 2.08 bits per heavy atom. The molecule has 2 rings (SSSR count). The first-order valence-electron chi connectivity index (χ1n) is 8.18. The van der Waals surface area contributed by atoms with Gasteiger partial charge in [0.1, 0.15) is 16.9 Å². The van der Waals surface area contributed by atoms with Gasteiger partial charge < -0.3 is 19.9 Å². The number of hydrogen-bond donors (Lipinski definition) is 2. The van der Waals surface area contributed by atoms with Crippen molar-refractivity contribution < 1.29 is 24.2 Å². The molecule has 1 amide bonds. The van der Waals surface area contributed by atoms with E-state index in [4.69, 9.17) is 9.47 Å². The van der Waals surface area contributed by atoms with E-state index in [1.807, 2.05) is 6.07 Å². The zero-order chi connectivity index (χ0) is 19.2. The van der Waals surface area contributed by atoms with Gasteiger partial charge in [-0.2, -0.15) is 0 Å². The van der Waals surface area contributed by atoms with Crippen LogP contribution in [0.3, 0.4) is 0 Å². The third kappa shape index (κ3) is 4.14. The van der Waals surface area contributed by atoms with Gasteiger partial charge in [-0.05, 0) is 24.6 Å². The zero-order valence-electron chi connectivity index (χ0n) is 15.1. The lowest BCUT2D eigenvalue weighted by atomic mass is 9.82. The monoisotopic (exact) mass is 357 g/mol. The topological polar surface area (TPSA) is 84.9 Å². The Labute approximate surface area is 152 Å². The largest absolute Gasteiger partial charge is 0.496 e. The molecule has 0 aromatic heterocycles. The Bertz CT molecular complexity index is 753. The number of carbonyl (C=O) groups excluding carboxylic acids is 1. The molecule has 0 aliphatic carbocycles. The fraction of sp³-hybridized carbons (Fsp3) is 0.300. The van der Waals surface area contributed by atoms with E-state index < -0.39 is 11.4 Å². The number of amides is 1. The molecule has 6 nitrogen and oxygen atoms in total. The molecule has 0 spiro atoms. The Balaban J connectivity index is 2.14. The fourth-order valence-electron chi connectivity index (χ4n) is 2.71. The first-order chi connectivity index (χ1) is 12.4. The zero-order valence-corrected chi connectivity index (χ0v) is 15.1. The molecule has 1 unspecified atom stereocenters. The molecule has 26 heavy (non-hydrogen) atoms. The summed E-state index contributed by atoms with van der Waals surface area (Å²) >= 11 is 0. The number of carbonyl (C=O) groups is 2. The van der Waals surface area contributed by atoms with Crippen molar-refractivity contribution in [3.63, 3.8) is 0 Å². The van der Waals surface area contributed by atoms with Crippen molar-refractivity contribution >= 4 is 11.9 Å². The molecule has 0 heterocycles. The number of rotatable bonds is 8. The van der Waals surface area contributed by atoms with Crippen LogP contribution < -0.4 is 14.8 Å². The molecule has 138 valence electrons. The molecule has 1 atom stereocenters. The van der Waals surface area contributed by atoms with Crippen LogP contribution in [0.2, 0.25) is 0 Å².